The lowest BCUT2D eigenvalue weighted by Crippen LogP contribution is -2.30. The average Bonchev–Trinajstić information content (AvgIpc) is 0.898. The Bertz CT molecular complexity index is 2140. The molecule has 0 rings (SSSR count). The molecule has 0 amide bonds. The van der Waals surface area contributed by atoms with E-state index in [2.05, 4.69) is 34.6 Å². The van der Waals surface area contributed by atoms with Crippen molar-refractivity contribution in [3.8, 4) is 0 Å². The van der Waals surface area contributed by atoms with Crippen molar-refractivity contribution in [2.45, 2.75) is 534 Å². The largest absolute Gasteiger partial charge is 0.472 e. The van der Waals surface area contributed by atoms with Crippen molar-refractivity contribution in [1.82, 2.24) is 0 Å². The molecule has 0 heterocycles. The Labute approximate surface area is 696 Å². The molecule has 2 unspecified atom stereocenters. The van der Waals surface area contributed by atoms with Gasteiger partial charge in [-0.3, -0.25) is 37.3 Å². The lowest BCUT2D eigenvalue weighted by molar-refractivity contribution is -0.161. The van der Waals surface area contributed by atoms with Crippen molar-refractivity contribution in [3.05, 3.63) is 0 Å². The molecule has 0 aliphatic carbocycles. The predicted octanol–water partition coefficient (Wildman–Crippen LogP) is 29.5. The van der Waals surface area contributed by atoms with E-state index in [-0.39, 0.29) is 25.7 Å². The van der Waals surface area contributed by atoms with Gasteiger partial charge in [0.1, 0.15) is 19.3 Å². The van der Waals surface area contributed by atoms with Crippen molar-refractivity contribution in [2.24, 2.45) is 5.92 Å². The number of ether oxygens (including phenoxy) is 4. The number of rotatable bonds is 94. The molecule has 0 saturated carbocycles. The number of phosphoric acid groups is 2. The quantitative estimate of drug-likeness (QED) is 0.0222. The van der Waals surface area contributed by atoms with E-state index < -0.39 is 97.5 Å². The second-order valence-corrected chi connectivity index (χ2v) is 37.1. The van der Waals surface area contributed by atoms with Gasteiger partial charge >= 0.3 is 39.5 Å². The number of esters is 4. The van der Waals surface area contributed by atoms with Gasteiger partial charge in [0.2, 0.25) is 0 Å². The highest BCUT2D eigenvalue weighted by Crippen LogP contribution is 2.45. The normalized spacial score (nSPS) is 13.6. The SMILES string of the molecule is CCCCCCCCCCCCCCCCCCCCCCCC(=O)O[C@H](COC(=O)CCCCCCCCCCCCCCCCCCCCCC)COP(=O)(O)OC[C@@H](O)COP(=O)(O)OC[C@@H](COC(=O)CCCCCCCCCCCC(C)C)OC(=O)CCCCCCCCCCCCCCCCCCCCCC. The summed E-state index contributed by atoms with van der Waals surface area (Å²) in [5.74, 6) is -1.35. The summed E-state index contributed by atoms with van der Waals surface area (Å²) >= 11 is 0. The van der Waals surface area contributed by atoms with Gasteiger partial charge in [-0.25, -0.2) is 9.13 Å². The van der Waals surface area contributed by atoms with E-state index in [1.165, 1.54) is 340 Å². The van der Waals surface area contributed by atoms with Crippen LogP contribution in [-0.2, 0) is 65.4 Å². The molecule has 113 heavy (non-hydrogen) atoms. The van der Waals surface area contributed by atoms with E-state index in [4.69, 9.17) is 37.0 Å². The molecule has 0 fully saturated rings. The average molecular weight is 1650 g/mol. The summed E-state index contributed by atoms with van der Waals surface area (Å²) in [6.07, 6.45) is 83.6. The summed E-state index contributed by atoms with van der Waals surface area (Å²) in [5.41, 5.74) is 0. The summed E-state index contributed by atoms with van der Waals surface area (Å²) in [5, 5.41) is 10.7. The van der Waals surface area contributed by atoms with Crippen molar-refractivity contribution < 1.29 is 80.2 Å². The Morgan fingerprint density at radius 2 is 0.407 bits per heavy atom. The first-order valence-electron chi connectivity index (χ1n) is 48.6. The lowest BCUT2D eigenvalue weighted by atomic mass is 10.0. The topological polar surface area (TPSA) is 237 Å². The number of phosphoric ester groups is 2. The highest BCUT2D eigenvalue weighted by Gasteiger charge is 2.31. The first-order chi connectivity index (χ1) is 55.0. The molecule has 0 bridgehead atoms. The third-order valence-electron chi connectivity index (χ3n) is 22.3. The monoisotopic (exact) mass is 1650 g/mol. The molecular weight excluding hydrogens is 1460 g/mol. The summed E-state index contributed by atoms with van der Waals surface area (Å²) in [6, 6.07) is 0. The molecule has 0 saturated heterocycles. The van der Waals surface area contributed by atoms with Gasteiger partial charge in [0.15, 0.2) is 12.2 Å². The van der Waals surface area contributed by atoms with E-state index in [0.717, 1.165) is 95.8 Å². The van der Waals surface area contributed by atoms with Crippen LogP contribution in [0.5, 0.6) is 0 Å². The number of carbonyl (C=O) groups is 4. The minimum Gasteiger partial charge on any atom is -0.462 e. The predicted molar refractivity (Wildman–Crippen MR) is 469 cm³/mol. The minimum atomic E-state index is -4.97. The molecule has 0 aromatic heterocycles. The molecule has 0 aromatic rings. The number of hydrogen-bond donors (Lipinski definition) is 3. The fraction of sp³-hybridized carbons (Fsp3) is 0.957. The van der Waals surface area contributed by atoms with Crippen LogP contribution in [0.2, 0.25) is 0 Å². The summed E-state index contributed by atoms with van der Waals surface area (Å²) < 4.78 is 69.2. The smallest absolute Gasteiger partial charge is 0.462 e. The van der Waals surface area contributed by atoms with Gasteiger partial charge in [-0.2, -0.15) is 0 Å². The zero-order valence-corrected chi connectivity index (χ0v) is 76.3. The van der Waals surface area contributed by atoms with Gasteiger partial charge in [-0.15, -0.1) is 0 Å². The van der Waals surface area contributed by atoms with Crippen LogP contribution in [0.4, 0.5) is 0 Å². The zero-order valence-electron chi connectivity index (χ0n) is 74.5. The van der Waals surface area contributed by atoms with Crippen molar-refractivity contribution in [2.75, 3.05) is 39.6 Å². The van der Waals surface area contributed by atoms with Gasteiger partial charge in [0.25, 0.3) is 0 Å². The first-order valence-corrected chi connectivity index (χ1v) is 51.6. The Morgan fingerprint density at radius 3 is 0.602 bits per heavy atom. The maximum absolute atomic E-state index is 13.2. The van der Waals surface area contributed by atoms with Crippen LogP contribution in [0, 0.1) is 5.92 Å². The number of aliphatic hydroxyl groups is 1. The van der Waals surface area contributed by atoms with Crippen LogP contribution in [0.1, 0.15) is 516 Å². The van der Waals surface area contributed by atoms with E-state index in [1.54, 1.807) is 0 Å². The molecule has 0 aliphatic heterocycles. The van der Waals surface area contributed by atoms with E-state index in [9.17, 15) is 43.2 Å². The number of aliphatic hydroxyl groups excluding tert-OH is 1. The maximum Gasteiger partial charge on any atom is 0.472 e. The standard InChI is InChI=1S/C94H184O17P2/c1-6-9-12-15-18-21-24-27-30-33-36-39-42-45-48-51-54-59-65-70-74-79-93(98)110-89(83-104-91(96)77-72-67-62-57-52-49-46-43-40-37-34-31-28-25-22-19-16-13-10-7-2)85-108-112(100,101)106-81-88(95)82-107-113(102,103)109-86-90(84-105-92(97)78-73-68-63-60-55-56-61-66-71-76-87(4)5)111-94(99)80-75-69-64-58-53-50-47-44-41-38-35-32-29-26-23-20-17-14-11-8-3/h87-90,95H,6-86H2,1-5H3,(H,100,101)(H,102,103)/t88-,89-,90-/m1/s1. The fourth-order valence-electron chi connectivity index (χ4n) is 14.9. The highest BCUT2D eigenvalue weighted by molar-refractivity contribution is 7.47. The van der Waals surface area contributed by atoms with Gasteiger partial charge < -0.3 is 33.8 Å². The molecule has 0 radical (unpaired) electrons. The molecule has 3 N–H and O–H groups in total. The van der Waals surface area contributed by atoms with Crippen LogP contribution >= 0.6 is 15.6 Å². The molecule has 19 heteroatoms. The van der Waals surface area contributed by atoms with Crippen LogP contribution in [0.3, 0.4) is 0 Å². The van der Waals surface area contributed by atoms with Crippen molar-refractivity contribution >= 4 is 39.5 Å². The number of unbranched alkanes of at least 4 members (excludes halogenated alkanes) is 66. The molecule has 5 atom stereocenters. The minimum absolute atomic E-state index is 0.109. The van der Waals surface area contributed by atoms with Gasteiger partial charge in [-0.05, 0) is 31.6 Å². The highest BCUT2D eigenvalue weighted by atomic mass is 31.2. The van der Waals surface area contributed by atoms with Crippen LogP contribution < -0.4 is 0 Å². The summed E-state index contributed by atoms with van der Waals surface area (Å²) in [6.45, 7) is 7.39. The second-order valence-electron chi connectivity index (χ2n) is 34.2. The second kappa shape index (κ2) is 86.4. The molecule has 17 nitrogen and oxygen atoms in total. The van der Waals surface area contributed by atoms with E-state index in [1.807, 2.05) is 0 Å². The van der Waals surface area contributed by atoms with Gasteiger partial charge in [0, 0.05) is 25.7 Å². The number of hydrogen-bond acceptors (Lipinski definition) is 15. The van der Waals surface area contributed by atoms with Crippen LogP contribution in [0.25, 0.3) is 0 Å². The summed E-state index contributed by atoms with van der Waals surface area (Å²) in [4.78, 5) is 73.5. The molecular formula is C94H184O17P2. The third-order valence-corrected chi connectivity index (χ3v) is 24.2. The zero-order chi connectivity index (χ0) is 82.6. The molecule has 672 valence electrons. The van der Waals surface area contributed by atoms with Crippen molar-refractivity contribution in [3.63, 3.8) is 0 Å². The van der Waals surface area contributed by atoms with E-state index >= 15 is 0 Å². The number of carbonyl (C=O) groups excluding carboxylic acids is 4. The fourth-order valence-corrected chi connectivity index (χ4v) is 16.5. The molecule has 0 aromatic carbocycles. The summed E-state index contributed by atoms with van der Waals surface area (Å²) in [7, 11) is -9.94. The molecule has 0 aliphatic rings. The Hall–Kier alpha value is -1.94. The molecule has 0 spiro atoms. The third kappa shape index (κ3) is 87.7. The lowest BCUT2D eigenvalue weighted by Gasteiger charge is -2.21. The van der Waals surface area contributed by atoms with Crippen LogP contribution in [-0.4, -0.2) is 96.7 Å². The Balaban J connectivity index is 5.24. The Kier molecular flexibility index (Phi) is 85.0. The van der Waals surface area contributed by atoms with Gasteiger partial charge in [-0.1, -0.05) is 465 Å². The van der Waals surface area contributed by atoms with Gasteiger partial charge in [0.05, 0.1) is 26.4 Å². The Morgan fingerprint density at radius 1 is 0.239 bits per heavy atom. The first kappa shape index (κ1) is 111. The van der Waals surface area contributed by atoms with Crippen molar-refractivity contribution in [1.29, 1.82) is 0 Å². The van der Waals surface area contributed by atoms with E-state index in [0.29, 0.717) is 25.7 Å². The van der Waals surface area contributed by atoms with Crippen LogP contribution in [0.15, 0.2) is 0 Å². The maximum atomic E-state index is 13.2.